The van der Waals surface area contributed by atoms with Crippen molar-refractivity contribution in [1.82, 2.24) is 14.9 Å². The average Bonchev–Trinajstić information content (AvgIpc) is 2.59. The number of carbonyl (C=O) groups is 1. The van der Waals surface area contributed by atoms with E-state index in [1.165, 1.54) is 18.4 Å². The second-order valence-electron chi connectivity index (χ2n) is 6.40. The van der Waals surface area contributed by atoms with Crippen LogP contribution in [0.5, 0.6) is 0 Å². The van der Waals surface area contributed by atoms with E-state index in [4.69, 9.17) is 0 Å². The Hall–Kier alpha value is -1.15. The van der Waals surface area contributed by atoms with Gasteiger partial charge in [-0.05, 0) is 49.9 Å². The van der Waals surface area contributed by atoms with Crippen LogP contribution in [0.2, 0.25) is 0 Å². The minimum Gasteiger partial charge on any atom is -0.352 e. The zero-order chi connectivity index (χ0) is 17.6. The Balaban J connectivity index is 0.00000312. The molecule has 2 rings (SSSR count). The molecule has 6 nitrogen and oxygen atoms in total. The Morgan fingerprint density at radius 2 is 1.88 bits per heavy atom. The van der Waals surface area contributed by atoms with Gasteiger partial charge in [0.1, 0.15) is 0 Å². The van der Waals surface area contributed by atoms with Crippen LogP contribution >= 0.6 is 12.4 Å². The Labute approximate surface area is 156 Å². The number of piperidine rings is 1. The van der Waals surface area contributed by atoms with E-state index in [1.807, 2.05) is 0 Å². The molecule has 8 heteroatoms. The third kappa shape index (κ3) is 6.26. The molecule has 1 aromatic carbocycles. The first-order chi connectivity index (χ1) is 11.4. The summed E-state index contributed by atoms with van der Waals surface area (Å²) in [6.07, 6.45) is 3.63. The standard InChI is InChI=1S/C17H27N3O3S.ClH/c1-20(2)24(22,23)16-6-4-3-5-15(16)13-19-17(21)8-7-14-9-11-18-12-10-14;/h3-6,14,18H,7-13H2,1-2H3,(H,19,21);1H. The average molecular weight is 390 g/mol. The highest BCUT2D eigenvalue weighted by Gasteiger charge is 2.21. The third-order valence-electron chi connectivity index (χ3n) is 4.45. The van der Waals surface area contributed by atoms with Crippen molar-refractivity contribution in [2.45, 2.75) is 37.1 Å². The number of sulfonamides is 1. The van der Waals surface area contributed by atoms with Crippen molar-refractivity contribution >= 4 is 28.3 Å². The maximum atomic E-state index is 12.3. The highest BCUT2D eigenvalue weighted by Crippen LogP contribution is 2.19. The highest BCUT2D eigenvalue weighted by molar-refractivity contribution is 7.89. The normalized spacial score (nSPS) is 15.6. The van der Waals surface area contributed by atoms with Gasteiger partial charge in [-0.25, -0.2) is 12.7 Å². The first kappa shape index (κ1) is 21.9. The number of halogens is 1. The number of amides is 1. The van der Waals surface area contributed by atoms with Gasteiger partial charge in [-0.3, -0.25) is 4.79 Å². The van der Waals surface area contributed by atoms with Crippen molar-refractivity contribution in [2.24, 2.45) is 5.92 Å². The molecule has 0 unspecified atom stereocenters. The lowest BCUT2D eigenvalue weighted by molar-refractivity contribution is -0.121. The molecule has 1 fully saturated rings. The number of benzene rings is 1. The van der Waals surface area contributed by atoms with Gasteiger partial charge in [0.05, 0.1) is 4.90 Å². The van der Waals surface area contributed by atoms with E-state index in [-0.39, 0.29) is 29.8 Å². The van der Waals surface area contributed by atoms with Gasteiger partial charge >= 0.3 is 0 Å². The molecule has 142 valence electrons. The molecule has 25 heavy (non-hydrogen) atoms. The predicted octanol–water partition coefficient (Wildman–Crippen LogP) is 1.75. The first-order valence-corrected chi connectivity index (χ1v) is 9.83. The molecule has 0 bridgehead atoms. The topological polar surface area (TPSA) is 78.5 Å². The maximum absolute atomic E-state index is 12.3. The molecule has 1 amide bonds. The van der Waals surface area contributed by atoms with Gasteiger partial charge in [0.15, 0.2) is 0 Å². The van der Waals surface area contributed by atoms with Crippen LogP contribution in [0, 0.1) is 5.92 Å². The highest BCUT2D eigenvalue weighted by atomic mass is 35.5. The molecule has 1 heterocycles. The molecule has 0 atom stereocenters. The molecule has 1 aliphatic rings. The molecule has 0 aliphatic carbocycles. The summed E-state index contributed by atoms with van der Waals surface area (Å²) in [6, 6.07) is 6.79. The zero-order valence-electron chi connectivity index (χ0n) is 14.8. The summed E-state index contributed by atoms with van der Waals surface area (Å²) in [4.78, 5) is 12.3. The van der Waals surface area contributed by atoms with Crippen molar-refractivity contribution in [1.29, 1.82) is 0 Å². The lowest BCUT2D eigenvalue weighted by Gasteiger charge is -2.22. The van der Waals surface area contributed by atoms with Crippen molar-refractivity contribution < 1.29 is 13.2 Å². The predicted molar refractivity (Wildman–Crippen MR) is 101 cm³/mol. The summed E-state index contributed by atoms with van der Waals surface area (Å²) in [5.74, 6) is 0.587. The van der Waals surface area contributed by atoms with Crippen LogP contribution < -0.4 is 10.6 Å². The van der Waals surface area contributed by atoms with Gasteiger partial charge in [-0.1, -0.05) is 18.2 Å². The van der Waals surface area contributed by atoms with Crippen molar-refractivity contribution in [3.63, 3.8) is 0 Å². The Morgan fingerprint density at radius 1 is 1.24 bits per heavy atom. The largest absolute Gasteiger partial charge is 0.352 e. The number of nitrogens with one attached hydrogen (secondary N) is 2. The number of carbonyl (C=O) groups excluding carboxylic acids is 1. The van der Waals surface area contributed by atoms with Crippen molar-refractivity contribution in [3.05, 3.63) is 29.8 Å². The van der Waals surface area contributed by atoms with E-state index in [9.17, 15) is 13.2 Å². The van der Waals surface area contributed by atoms with Gasteiger partial charge in [-0.2, -0.15) is 0 Å². The lowest BCUT2D eigenvalue weighted by atomic mass is 9.93. The zero-order valence-corrected chi connectivity index (χ0v) is 16.5. The van der Waals surface area contributed by atoms with Crippen LogP contribution in [0.3, 0.4) is 0 Å². The summed E-state index contributed by atoms with van der Waals surface area (Å²) in [7, 11) is -0.502. The summed E-state index contributed by atoms with van der Waals surface area (Å²) < 4.78 is 25.9. The van der Waals surface area contributed by atoms with Crippen LogP contribution in [0.25, 0.3) is 0 Å². The fourth-order valence-electron chi connectivity index (χ4n) is 2.89. The SMILES string of the molecule is CN(C)S(=O)(=O)c1ccccc1CNC(=O)CCC1CCNCC1.Cl. The molecule has 0 radical (unpaired) electrons. The van der Waals surface area contributed by atoms with Crippen molar-refractivity contribution in [2.75, 3.05) is 27.2 Å². The quantitative estimate of drug-likeness (QED) is 0.744. The van der Waals surface area contributed by atoms with Gasteiger partial charge < -0.3 is 10.6 Å². The van der Waals surface area contributed by atoms with E-state index in [2.05, 4.69) is 10.6 Å². The maximum Gasteiger partial charge on any atom is 0.242 e. The molecule has 1 aliphatic heterocycles. The molecule has 0 saturated carbocycles. The monoisotopic (exact) mass is 389 g/mol. The summed E-state index contributed by atoms with van der Waals surface area (Å²) in [5.41, 5.74) is 0.612. The molecule has 0 spiro atoms. The number of hydrogen-bond donors (Lipinski definition) is 2. The summed E-state index contributed by atoms with van der Waals surface area (Å²) in [6.45, 7) is 2.29. The van der Waals surface area contributed by atoms with Gasteiger partial charge in [-0.15, -0.1) is 12.4 Å². The van der Waals surface area contributed by atoms with E-state index in [1.54, 1.807) is 24.3 Å². The molecular weight excluding hydrogens is 362 g/mol. The number of hydrogen-bond acceptors (Lipinski definition) is 4. The fraction of sp³-hybridized carbons (Fsp3) is 0.588. The second kappa shape index (κ2) is 10.1. The Kier molecular flexibility index (Phi) is 8.85. The van der Waals surface area contributed by atoms with E-state index >= 15 is 0 Å². The fourth-order valence-corrected chi connectivity index (χ4v) is 4.00. The minimum absolute atomic E-state index is 0. The third-order valence-corrected chi connectivity index (χ3v) is 6.36. The second-order valence-corrected chi connectivity index (χ2v) is 8.52. The van der Waals surface area contributed by atoms with Crippen LogP contribution in [0.4, 0.5) is 0 Å². The van der Waals surface area contributed by atoms with Crippen LogP contribution in [-0.2, 0) is 21.4 Å². The minimum atomic E-state index is -3.51. The van der Waals surface area contributed by atoms with Crippen LogP contribution in [0.15, 0.2) is 29.2 Å². The molecular formula is C17H28ClN3O3S. The molecule has 2 N–H and O–H groups in total. The molecule has 1 saturated heterocycles. The first-order valence-electron chi connectivity index (χ1n) is 8.39. The Bertz CT molecular complexity index is 659. The number of rotatable bonds is 7. The lowest BCUT2D eigenvalue weighted by Crippen LogP contribution is -2.30. The number of nitrogens with zero attached hydrogens (tertiary/aromatic N) is 1. The van der Waals surface area contributed by atoms with E-state index in [0.29, 0.717) is 17.9 Å². The molecule has 1 aromatic rings. The molecule has 0 aromatic heterocycles. The Morgan fingerprint density at radius 3 is 2.52 bits per heavy atom. The smallest absolute Gasteiger partial charge is 0.242 e. The summed E-state index contributed by atoms with van der Waals surface area (Å²) >= 11 is 0. The van der Waals surface area contributed by atoms with E-state index in [0.717, 1.165) is 32.4 Å². The van der Waals surface area contributed by atoms with Crippen molar-refractivity contribution in [3.8, 4) is 0 Å². The van der Waals surface area contributed by atoms with Gasteiger partial charge in [0.2, 0.25) is 15.9 Å². The van der Waals surface area contributed by atoms with Crippen LogP contribution in [0.1, 0.15) is 31.2 Å². The van der Waals surface area contributed by atoms with Gasteiger partial charge in [0, 0.05) is 27.1 Å². The van der Waals surface area contributed by atoms with E-state index < -0.39 is 10.0 Å². The van der Waals surface area contributed by atoms with Gasteiger partial charge in [0.25, 0.3) is 0 Å². The van der Waals surface area contributed by atoms with Crippen LogP contribution in [-0.4, -0.2) is 45.8 Å². The summed E-state index contributed by atoms with van der Waals surface area (Å²) in [5, 5.41) is 6.17.